The fourth-order valence-electron chi connectivity index (χ4n) is 1.11. The van der Waals surface area contributed by atoms with Gasteiger partial charge in [-0.3, -0.25) is 4.99 Å². The molecule has 0 unspecified atom stereocenters. The van der Waals surface area contributed by atoms with Crippen molar-refractivity contribution in [2.24, 2.45) is 10.8 Å². The van der Waals surface area contributed by atoms with Gasteiger partial charge in [-0.2, -0.15) is 0 Å². The predicted octanol–water partition coefficient (Wildman–Crippen LogP) is 0.682. The van der Waals surface area contributed by atoms with Gasteiger partial charge in [0.15, 0.2) is 0 Å². The van der Waals surface area contributed by atoms with Gasteiger partial charge in [0.25, 0.3) is 0 Å². The quantitative estimate of drug-likeness (QED) is 0.253. The second-order valence-corrected chi connectivity index (χ2v) is 2.85. The van der Waals surface area contributed by atoms with E-state index >= 15 is 0 Å². The highest BCUT2D eigenvalue weighted by molar-refractivity contribution is 5.98. The Bertz CT molecular complexity index is 341. The van der Waals surface area contributed by atoms with Gasteiger partial charge in [0, 0.05) is 7.11 Å². The molecule has 0 aliphatic carbocycles. The first-order chi connectivity index (χ1) is 7.29. The molecule has 0 amide bonds. The van der Waals surface area contributed by atoms with Crippen molar-refractivity contribution >= 4 is 5.84 Å². The number of nitrogens with zero attached hydrogens (tertiary/aromatic N) is 1. The molecule has 0 aromatic heterocycles. The molecular weight excluding hydrogens is 197 g/mol. The van der Waals surface area contributed by atoms with Gasteiger partial charge >= 0.3 is 0 Å². The summed E-state index contributed by atoms with van der Waals surface area (Å²) in [5, 5.41) is 0. The predicted molar refractivity (Wildman–Crippen MR) is 57.0 cm³/mol. The summed E-state index contributed by atoms with van der Waals surface area (Å²) in [5.41, 5.74) is 2.73. The van der Waals surface area contributed by atoms with Crippen molar-refractivity contribution < 1.29 is 9.13 Å². The summed E-state index contributed by atoms with van der Waals surface area (Å²) in [5.74, 6) is 5.24. The summed E-state index contributed by atoms with van der Waals surface area (Å²) in [6.45, 7) is 0.907. The number of methoxy groups -OCH3 is 1. The van der Waals surface area contributed by atoms with Crippen LogP contribution < -0.4 is 11.3 Å². The number of ether oxygens (including phenoxy) is 1. The zero-order chi connectivity index (χ0) is 11.1. The smallest absolute Gasteiger partial charge is 0.145 e. The molecule has 0 saturated carbocycles. The molecule has 0 aliphatic rings. The zero-order valence-electron chi connectivity index (χ0n) is 8.53. The summed E-state index contributed by atoms with van der Waals surface area (Å²) in [6.07, 6.45) is 0. The molecule has 0 atom stereocenters. The summed E-state index contributed by atoms with van der Waals surface area (Å²) in [6, 6.07) is 6.31. The summed E-state index contributed by atoms with van der Waals surface area (Å²) >= 11 is 0. The van der Waals surface area contributed by atoms with Gasteiger partial charge in [-0.25, -0.2) is 10.2 Å². The molecule has 82 valence electrons. The van der Waals surface area contributed by atoms with E-state index in [0.717, 1.165) is 0 Å². The minimum absolute atomic E-state index is 0.324. The second-order valence-electron chi connectivity index (χ2n) is 2.85. The largest absolute Gasteiger partial charge is 0.383 e. The number of aliphatic imine (C=N–C) groups is 1. The molecule has 0 radical (unpaired) electrons. The van der Waals surface area contributed by atoms with E-state index in [1.54, 1.807) is 25.3 Å². The maximum atomic E-state index is 13.3. The molecule has 0 fully saturated rings. The van der Waals surface area contributed by atoms with Crippen molar-refractivity contribution in [2.45, 2.75) is 0 Å². The van der Waals surface area contributed by atoms with E-state index in [1.165, 1.54) is 6.07 Å². The van der Waals surface area contributed by atoms with Crippen LogP contribution in [0.5, 0.6) is 0 Å². The second kappa shape index (κ2) is 6.10. The molecule has 0 aliphatic heterocycles. The van der Waals surface area contributed by atoms with Crippen molar-refractivity contribution in [3.63, 3.8) is 0 Å². The molecule has 4 nitrogen and oxygen atoms in total. The highest BCUT2D eigenvalue weighted by Crippen LogP contribution is 2.06. The van der Waals surface area contributed by atoms with Gasteiger partial charge in [0.1, 0.15) is 11.7 Å². The summed E-state index contributed by atoms with van der Waals surface area (Å²) in [7, 11) is 1.58. The van der Waals surface area contributed by atoms with E-state index in [2.05, 4.69) is 10.4 Å². The lowest BCUT2D eigenvalue weighted by atomic mass is 10.2. The molecule has 1 rings (SSSR count). The first kappa shape index (κ1) is 11.6. The lowest BCUT2D eigenvalue weighted by Gasteiger charge is -2.06. The molecule has 0 bridgehead atoms. The Hall–Kier alpha value is -1.46. The van der Waals surface area contributed by atoms with Crippen LogP contribution in [-0.4, -0.2) is 26.1 Å². The van der Waals surface area contributed by atoms with Gasteiger partial charge in [-0.05, 0) is 12.1 Å². The zero-order valence-corrected chi connectivity index (χ0v) is 8.53. The minimum Gasteiger partial charge on any atom is -0.383 e. The van der Waals surface area contributed by atoms with Crippen LogP contribution in [-0.2, 0) is 4.74 Å². The maximum absolute atomic E-state index is 13.3. The van der Waals surface area contributed by atoms with Gasteiger partial charge in [-0.1, -0.05) is 12.1 Å². The highest BCUT2D eigenvalue weighted by atomic mass is 19.1. The van der Waals surface area contributed by atoms with Crippen LogP contribution in [0.4, 0.5) is 4.39 Å². The minimum atomic E-state index is -0.355. The normalized spacial score (nSPS) is 11.5. The van der Waals surface area contributed by atoms with Crippen LogP contribution in [0.15, 0.2) is 29.3 Å². The van der Waals surface area contributed by atoms with Crippen LogP contribution in [0.25, 0.3) is 0 Å². The monoisotopic (exact) mass is 211 g/mol. The Balaban J connectivity index is 2.83. The Morgan fingerprint density at radius 3 is 2.87 bits per heavy atom. The standard InChI is InChI=1S/C10H14FN3O/c1-15-7-6-13-10(14-12)8-4-2-3-5-9(8)11/h2-5H,6-7,12H2,1H3,(H,13,14). The Morgan fingerprint density at radius 1 is 1.53 bits per heavy atom. The van der Waals surface area contributed by atoms with Crippen molar-refractivity contribution in [2.75, 3.05) is 20.3 Å². The van der Waals surface area contributed by atoms with Crippen molar-refractivity contribution in [3.05, 3.63) is 35.6 Å². The van der Waals surface area contributed by atoms with Gasteiger partial charge in [0.05, 0.1) is 18.7 Å². The molecule has 0 heterocycles. The van der Waals surface area contributed by atoms with Crippen LogP contribution >= 0.6 is 0 Å². The van der Waals surface area contributed by atoms with Gasteiger partial charge in [-0.15, -0.1) is 0 Å². The third-order valence-corrected chi connectivity index (χ3v) is 1.83. The SMILES string of the molecule is COCCN=C(NN)c1ccccc1F. The number of hydrogen-bond donors (Lipinski definition) is 2. The van der Waals surface area contributed by atoms with Crippen molar-refractivity contribution in [3.8, 4) is 0 Å². The fourth-order valence-corrected chi connectivity index (χ4v) is 1.11. The molecule has 5 heteroatoms. The lowest BCUT2D eigenvalue weighted by Crippen LogP contribution is -2.32. The van der Waals surface area contributed by atoms with Crippen LogP contribution in [0.2, 0.25) is 0 Å². The number of rotatable bonds is 4. The number of nitrogens with one attached hydrogen (secondary N) is 1. The number of halogens is 1. The molecule has 15 heavy (non-hydrogen) atoms. The van der Waals surface area contributed by atoms with Gasteiger partial charge < -0.3 is 10.2 Å². The van der Waals surface area contributed by atoms with Crippen LogP contribution in [0, 0.1) is 5.82 Å². The lowest BCUT2D eigenvalue weighted by molar-refractivity contribution is 0.208. The average molecular weight is 211 g/mol. The number of amidine groups is 1. The highest BCUT2D eigenvalue weighted by Gasteiger charge is 2.06. The van der Waals surface area contributed by atoms with E-state index in [-0.39, 0.29) is 5.82 Å². The third kappa shape index (κ3) is 3.30. The van der Waals surface area contributed by atoms with E-state index in [9.17, 15) is 4.39 Å². The number of hydrogen-bond acceptors (Lipinski definition) is 3. The first-order valence-electron chi connectivity index (χ1n) is 4.54. The topological polar surface area (TPSA) is 59.6 Å². The number of benzene rings is 1. The molecule has 1 aromatic rings. The maximum Gasteiger partial charge on any atom is 0.145 e. The third-order valence-electron chi connectivity index (χ3n) is 1.83. The van der Waals surface area contributed by atoms with Crippen molar-refractivity contribution in [1.29, 1.82) is 0 Å². The molecule has 1 aromatic carbocycles. The molecule has 0 spiro atoms. The number of nitrogens with two attached hydrogens (primary N) is 1. The van der Waals surface area contributed by atoms with E-state index in [1.807, 2.05) is 0 Å². The Labute approximate surface area is 87.9 Å². The summed E-state index contributed by atoms with van der Waals surface area (Å²) in [4.78, 5) is 4.08. The van der Waals surface area contributed by atoms with E-state index in [0.29, 0.717) is 24.6 Å². The average Bonchev–Trinajstić information content (AvgIpc) is 2.26. The van der Waals surface area contributed by atoms with E-state index in [4.69, 9.17) is 10.6 Å². The van der Waals surface area contributed by atoms with E-state index < -0.39 is 0 Å². The van der Waals surface area contributed by atoms with Crippen LogP contribution in [0.1, 0.15) is 5.56 Å². The molecule has 0 saturated heterocycles. The fraction of sp³-hybridized carbons (Fsp3) is 0.300. The van der Waals surface area contributed by atoms with Crippen LogP contribution in [0.3, 0.4) is 0 Å². The van der Waals surface area contributed by atoms with Crippen molar-refractivity contribution in [1.82, 2.24) is 5.43 Å². The molecule has 3 N–H and O–H groups in total. The molecular formula is C10H14FN3O. The Kier molecular flexibility index (Phi) is 4.73. The summed E-state index contributed by atoms with van der Waals surface area (Å²) < 4.78 is 18.2. The van der Waals surface area contributed by atoms with Gasteiger partial charge in [0.2, 0.25) is 0 Å². The number of hydrazine groups is 1. The Morgan fingerprint density at radius 2 is 2.27 bits per heavy atom. The first-order valence-corrected chi connectivity index (χ1v) is 4.54.